The van der Waals surface area contributed by atoms with Crippen LogP contribution in [0.15, 0.2) is 24.8 Å². The van der Waals surface area contributed by atoms with Crippen molar-refractivity contribution in [2.75, 3.05) is 11.9 Å². The van der Waals surface area contributed by atoms with Crippen LogP contribution in [0.1, 0.15) is 38.3 Å². The second-order valence-corrected chi connectivity index (χ2v) is 5.25. The molecular weight excluding hydrogens is 286 g/mol. The predicted molar refractivity (Wildman–Crippen MR) is 89.1 cm³/mol. The summed E-state index contributed by atoms with van der Waals surface area (Å²) in [5, 5.41) is 3.66. The highest BCUT2D eigenvalue weighted by Gasteiger charge is 2.17. The SMILES string of the molecule is C=CCCOC(C)C(=O)Nc1c(CC)ccc(Cl)c1CC. The third kappa shape index (κ3) is 4.87. The van der Waals surface area contributed by atoms with Crippen LogP contribution in [0.25, 0.3) is 0 Å². The van der Waals surface area contributed by atoms with E-state index in [0.717, 1.165) is 36.1 Å². The Hall–Kier alpha value is -1.32. The Morgan fingerprint density at radius 1 is 1.43 bits per heavy atom. The molecule has 116 valence electrons. The number of carbonyl (C=O) groups excluding carboxylic acids is 1. The topological polar surface area (TPSA) is 38.3 Å². The Morgan fingerprint density at radius 3 is 2.71 bits per heavy atom. The molecule has 1 unspecified atom stereocenters. The van der Waals surface area contributed by atoms with Crippen molar-refractivity contribution in [3.8, 4) is 0 Å². The maximum Gasteiger partial charge on any atom is 0.253 e. The molecule has 0 saturated carbocycles. The van der Waals surface area contributed by atoms with Gasteiger partial charge in [0.05, 0.1) is 6.61 Å². The van der Waals surface area contributed by atoms with E-state index in [1.165, 1.54) is 0 Å². The van der Waals surface area contributed by atoms with Crippen molar-refractivity contribution >= 4 is 23.2 Å². The molecule has 0 fully saturated rings. The highest BCUT2D eigenvalue weighted by Crippen LogP contribution is 2.29. The summed E-state index contributed by atoms with van der Waals surface area (Å²) in [6.07, 6.45) is 3.61. The molecule has 1 amide bonds. The minimum Gasteiger partial charge on any atom is -0.368 e. The van der Waals surface area contributed by atoms with Gasteiger partial charge in [-0.2, -0.15) is 0 Å². The van der Waals surface area contributed by atoms with Gasteiger partial charge in [-0.3, -0.25) is 4.79 Å². The molecule has 0 aliphatic carbocycles. The first-order valence-corrected chi connectivity index (χ1v) is 7.76. The number of hydrogen-bond acceptors (Lipinski definition) is 2. The lowest BCUT2D eigenvalue weighted by Gasteiger charge is -2.18. The van der Waals surface area contributed by atoms with Crippen molar-refractivity contribution < 1.29 is 9.53 Å². The lowest BCUT2D eigenvalue weighted by Crippen LogP contribution is -2.29. The molecule has 0 aromatic heterocycles. The molecule has 4 heteroatoms. The van der Waals surface area contributed by atoms with E-state index in [1.54, 1.807) is 13.0 Å². The van der Waals surface area contributed by atoms with Crippen LogP contribution in [0.5, 0.6) is 0 Å². The Balaban J connectivity index is 2.88. The molecule has 0 aliphatic rings. The van der Waals surface area contributed by atoms with Gasteiger partial charge >= 0.3 is 0 Å². The zero-order valence-electron chi connectivity index (χ0n) is 13.0. The fourth-order valence-electron chi connectivity index (χ4n) is 2.10. The highest BCUT2D eigenvalue weighted by molar-refractivity contribution is 6.32. The zero-order chi connectivity index (χ0) is 15.8. The van der Waals surface area contributed by atoms with Crippen molar-refractivity contribution in [2.24, 2.45) is 0 Å². The molecule has 21 heavy (non-hydrogen) atoms. The van der Waals surface area contributed by atoms with Crippen LogP contribution < -0.4 is 5.32 Å². The summed E-state index contributed by atoms with van der Waals surface area (Å²) >= 11 is 6.23. The summed E-state index contributed by atoms with van der Waals surface area (Å²) < 4.78 is 5.48. The number of benzene rings is 1. The van der Waals surface area contributed by atoms with E-state index in [0.29, 0.717) is 11.6 Å². The maximum absolute atomic E-state index is 12.2. The number of rotatable bonds is 8. The first-order valence-electron chi connectivity index (χ1n) is 7.38. The number of carbonyl (C=O) groups is 1. The molecule has 1 N–H and O–H groups in total. The van der Waals surface area contributed by atoms with Gasteiger partial charge in [0.15, 0.2) is 0 Å². The third-order valence-corrected chi connectivity index (χ3v) is 3.74. The normalized spacial score (nSPS) is 12.0. The maximum atomic E-state index is 12.2. The van der Waals surface area contributed by atoms with Gasteiger partial charge in [0.25, 0.3) is 5.91 Å². The van der Waals surface area contributed by atoms with E-state index in [1.807, 2.05) is 19.1 Å². The van der Waals surface area contributed by atoms with Crippen LogP contribution in [0, 0.1) is 0 Å². The number of hydrogen-bond donors (Lipinski definition) is 1. The molecule has 0 bridgehead atoms. The molecule has 0 spiro atoms. The molecule has 0 saturated heterocycles. The first-order chi connectivity index (χ1) is 10.0. The standard InChI is InChI=1S/C17H24ClNO2/c1-5-8-11-21-12(4)17(20)19-16-13(6-2)9-10-15(18)14(16)7-3/h5,9-10,12H,1,6-8,11H2,2-4H3,(H,19,20). The molecule has 1 aromatic rings. The highest BCUT2D eigenvalue weighted by atomic mass is 35.5. The summed E-state index contributed by atoms with van der Waals surface area (Å²) in [6.45, 7) is 9.96. The second-order valence-electron chi connectivity index (χ2n) is 4.85. The molecule has 0 radical (unpaired) electrons. The number of aryl methyl sites for hydroxylation is 1. The van der Waals surface area contributed by atoms with Gasteiger partial charge in [0.2, 0.25) is 0 Å². The Bertz CT molecular complexity index is 500. The van der Waals surface area contributed by atoms with Crippen LogP contribution in [0.3, 0.4) is 0 Å². The molecular formula is C17H24ClNO2. The smallest absolute Gasteiger partial charge is 0.253 e. The van der Waals surface area contributed by atoms with Crippen molar-refractivity contribution in [3.63, 3.8) is 0 Å². The third-order valence-electron chi connectivity index (χ3n) is 3.38. The number of amides is 1. The molecule has 0 aliphatic heterocycles. The number of anilines is 1. The van der Waals surface area contributed by atoms with Gasteiger partial charge in [-0.15, -0.1) is 6.58 Å². The first kappa shape index (κ1) is 17.7. The van der Waals surface area contributed by atoms with E-state index in [4.69, 9.17) is 16.3 Å². The Labute approximate surface area is 132 Å². The van der Waals surface area contributed by atoms with Crippen molar-refractivity contribution in [2.45, 2.75) is 46.1 Å². The fourth-order valence-corrected chi connectivity index (χ4v) is 2.39. The largest absolute Gasteiger partial charge is 0.368 e. The van der Waals surface area contributed by atoms with E-state index in [9.17, 15) is 4.79 Å². The Morgan fingerprint density at radius 2 is 2.14 bits per heavy atom. The fraction of sp³-hybridized carbons (Fsp3) is 0.471. The summed E-state index contributed by atoms with van der Waals surface area (Å²) in [4.78, 5) is 12.2. The van der Waals surface area contributed by atoms with E-state index >= 15 is 0 Å². The number of nitrogens with one attached hydrogen (secondary N) is 1. The van der Waals surface area contributed by atoms with Gasteiger partial charge in [0, 0.05) is 10.7 Å². The molecule has 1 aromatic carbocycles. The minimum absolute atomic E-state index is 0.147. The van der Waals surface area contributed by atoms with Crippen LogP contribution in [0.2, 0.25) is 5.02 Å². The van der Waals surface area contributed by atoms with Crippen molar-refractivity contribution in [1.29, 1.82) is 0 Å². The van der Waals surface area contributed by atoms with Crippen LogP contribution >= 0.6 is 11.6 Å². The summed E-state index contributed by atoms with van der Waals surface area (Å²) in [5.74, 6) is -0.147. The van der Waals surface area contributed by atoms with Crippen LogP contribution in [0.4, 0.5) is 5.69 Å². The summed E-state index contributed by atoms with van der Waals surface area (Å²) in [7, 11) is 0. The van der Waals surface area contributed by atoms with Crippen LogP contribution in [-0.2, 0) is 22.4 Å². The number of ether oxygens (including phenoxy) is 1. The lowest BCUT2D eigenvalue weighted by molar-refractivity contribution is -0.126. The lowest BCUT2D eigenvalue weighted by atomic mass is 10.0. The second kappa shape index (κ2) is 8.85. The summed E-state index contributed by atoms with van der Waals surface area (Å²) in [6, 6.07) is 3.85. The van der Waals surface area contributed by atoms with E-state index in [2.05, 4.69) is 18.8 Å². The van der Waals surface area contributed by atoms with Crippen molar-refractivity contribution in [1.82, 2.24) is 0 Å². The van der Waals surface area contributed by atoms with Gasteiger partial charge < -0.3 is 10.1 Å². The average molecular weight is 310 g/mol. The summed E-state index contributed by atoms with van der Waals surface area (Å²) in [5.41, 5.74) is 2.89. The average Bonchev–Trinajstić information content (AvgIpc) is 2.47. The quantitative estimate of drug-likeness (QED) is 0.571. The van der Waals surface area contributed by atoms with Gasteiger partial charge in [-0.25, -0.2) is 0 Å². The molecule has 1 rings (SSSR count). The van der Waals surface area contributed by atoms with Crippen molar-refractivity contribution in [3.05, 3.63) is 40.9 Å². The number of halogens is 1. The van der Waals surface area contributed by atoms with Crippen LogP contribution in [-0.4, -0.2) is 18.6 Å². The van der Waals surface area contributed by atoms with Gasteiger partial charge in [0.1, 0.15) is 6.10 Å². The van der Waals surface area contributed by atoms with Gasteiger partial charge in [-0.1, -0.05) is 37.6 Å². The van der Waals surface area contributed by atoms with Gasteiger partial charge in [-0.05, 0) is 43.4 Å². The molecule has 0 heterocycles. The molecule has 1 atom stereocenters. The minimum atomic E-state index is -0.502. The Kier molecular flexibility index (Phi) is 7.48. The molecule has 3 nitrogen and oxygen atoms in total. The zero-order valence-corrected chi connectivity index (χ0v) is 13.8. The van der Waals surface area contributed by atoms with E-state index in [-0.39, 0.29) is 5.91 Å². The monoisotopic (exact) mass is 309 g/mol. The van der Waals surface area contributed by atoms with E-state index < -0.39 is 6.10 Å². The predicted octanol–water partition coefficient (Wildman–Crippen LogP) is 4.38.